The minimum atomic E-state index is 0.480. The Morgan fingerprint density at radius 3 is 2.45 bits per heavy atom. The monoisotopic (exact) mass is 284 g/mol. The summed E-state index contributed by atoms with van der Waals surface area (Å²) in [6.45, 7) is 4.13. The van der Waals surface area contributed by atoms with Crippen molar-refractivity contribution in [3.05, 3.63) is 23.9 Å². The lowest BCUT2D eigenvalue weighted by Gasteiger charge is -2.08. The van der Waals surface area contributed by atoms with E-state index in [-0.39, 0.29) is 0 Å². The van der Waals surface area contributed by atoms with Crippen LogP contribution >= 0.6 is 0 Å². The molecule has 0 saturated heterocycles. The molecule has 0 aliphatic heterocycles. The van der Waals surface area contributed by atoms with Crippen molar-refractivity contribution < 1.29 is 18.9 Å². The van der Waals surface area contributed by atoms with Crippen molar-refractivity contribution in [2.24, 2.45) is 0 Å². The van der Waals surface area contributed by atoms with Gasteiger partial charge in [0.15, 0.2) is 0 Å². The minimum Gasteiger partial charge on any atom is -0.475 e. The molecule has 0 bridgehead atoms. The van der Waals surface area contributed by atoms with Crippen molar-refractivity contribution in [1.82, 2.24) is 10.3 Å². The topological polar surface area (TPSA) is 61.8 Å². The van der Waals surface area contributed by atoms with E-state index in [1.165, 1.54) is 0 Å². The van der Waals surface area contributed by atoms with Crippen LogP contribution in [0.25, 0.3) is 0 Å². The molecule has 6 nitrogen and oxygen atoms in total. The van der Waals surface area contributed by atoms with E-state index >= 15 is 0 Å². The van der Waals surface area contributed by atoms with Gasteiger partial charge in [0.2, 0.25) is 5.88 Å². The van der Waals surface area contributed by atoms with E-state index in [1.807, 2.05) is 19.2 Å². The van der Waals surface area contributed by atoms with Crippen LogP contribution in [-0.2, 0) is 20.8 Å². The highest BCUT2D eigenvalue weighted by molar-refractivity contribution is 5.20. The standard InChI is InChI=1S/C14H24N2O4/c1-15-12-13-3-4-16-14(11-13)20-10-9-19-8-7-18-6-5-17-2/h3-4,11,15H,5-10,12H2,1-2H3. The van der Waals surface area contributed by atoms with Crippen molar-refractivity contribution in [1.29, 1.82) is 0 Å². The first-order valence-corrected chi connectivity index (χ1v) is 6.73. The number of rotatable bonds is 12. The van der Waals surface area contributed by atoms with Gasteiger partial charge >= 0.3 is 0 Å². The number of hydrogen-bond acceptors (Lipinski definition) is 6. The molecular formula is C14H24N2O4. The van der Waals surface area contributed by atoms with E-state index in [9.17, 15) is 0 Å². The van der Waals surface area contributed by atoms with Crippen LogP contribution in [-0.4, -0.2) is 58.8 Å². The van der Waals surface area contributed by atoms with Crippen LogP contribution in [0.2, 0.25) is 0 Å². The first-order chi connectivity index (χ1) is 9.86. The van der Waals surface area contributed by atoms with Gasteiger partial charge in [-0.25, -0.2) is 4.98 Å². The Kier molecular flexibility index (Phi) is 9.77. The Hall–Kier alpha value is -1.21. The minimum absolute atomic E-state index is 0.480. The van der Waals surface area contributed by atoms with Gasteiger partial charge in [0.25, 0.3) is 0 Å². The molecule has 1 N–H and O–H groups in total. The molecule has 114 valence electrons. The maximum absolute atomic E-state index is 5.51. The van der Waals surface area contributed by atoms with Crippen LogP contribution in [0.4, 0.5) is 0 Å². The van der Waals surface area contributed by atoms with Gasteiger partial charge in [0.1, 0.15) is 6.61 Å². The fraction of sp³-hybridized carbons (Fsp3) is 0.643. The quantitative estimate of drug-likeness (QED) is 0.574. The summed E-state index contributed by atoms with van der Waals surface area (Å²) in [5, 5.41) is 3.09. The summed E-state index contributed by atoms with van der Waals surface area (Å²) in [6, 6.07) is 3.88. The molecule has 0 aliphatic rings. The zero-order valence-corrected chi connectivity index (χ0v) is 12.3. The summed E-state index contributed by atoms with van der Waals surface area (Å²) in [5.41, 5.74) is 1.14. The van der Waals surface area contributed by atoms with E-state index in [4.69, 9.17) is 18.9 Å². The zero-order valence-electron chi connectivity index (χ0n) is 12.3. The average molecular weight is 284 g/mol. The number of pyridine rings is 1. The van der Waals surface area contributed by atoms with Crippen LogP contribution < -0.4 is 10.1 Å². The van der Waals surface area contributed by atoms with Crippen molar-refractivity contribution >= 4 is 0 Å². The molecule has 0 aliphatic carbocycles. The second-order valence-corrected chi connectivity index (χ2v) is 4.10. The second-order valence-electron chi connectivity index (χ2n) is 4.10. The molecule has 0 amide bonds. The summed E-state index contributed by atoms with van der Waals surface area (Å²) in [5.74, 6) is 0.623. The van der Waals surface area contributed by atoms with Crippen molar-refractivity contribution in [3.63, 3.8) is 0 Å². The van der Waals surface area contributed by atoms with Crippen LogP contribution in [0.1, 0.15) is 5.56 Å². The van der Waals surface area contributed by atoms with Crippen molar-refractivity contribution in [2.45, 2.75) is 6.54 Å². The number of methoxy groups -OCH3 is 1. The van der Waals surface area contributed by atoms with Gasteiger partial charge in [0.05, 0.1) is 33.0 Å². The van der Waals surface area contributed by atoms with Gasteiger partial charge in [-0.3, -0.25) is 0 Å². The molecule has 0 saturated carbocycles. The van der Waals surface area contributed by atoms with E-state index in [0.717, 1.165) is 12.1 Å². The van der Waals surface area contributed by atoms with Crippen molar-refractivity contribution in [3.8, 4) is 5.88 Å². The van der Waals surface area contributed by atoms with Crippen LogP contribution in [0, 0.1) is 0 Å². The molecule has 6 heteroatoms. The third-order valence-corrected chi connectivity index (χ3v) is 2.46. The summed E-state index contributed by atoms with van der Waals surface area (Å²) in [4.78, 5) is 4.15. The summed E-state index contributed by atoms with van der Waals surface area (Å²) in [7, 11) is 3.56. The van der Waals surface area contributed by atoms with E-state index in [1.54, 1.807) is 13.3 Å². The third kappa shape index (κ3) is 8.06. The number of nitrogens with one attached hydrogen (secondary N) is 1. The van der Waals surface area contributed by atoms with Gasteiger partial charge in [0, 0.05) is 25.9 Å². The highest BCUT2D eigenvalue weighted by Gasteiger charge is 1.98. The molecule has 0 radical (unpaired) electrons. The van der Waals surface area contributed by atoms with Gasteiger partial charge < -0.3 is 24.3 Å². The van der Waals surface area contributed by atoms with E-state index in [0.29, 0.717) is 45.5 Å². The predicted octanol–water partition coefficient (Wildman–Crippen LogP) is 0.859. The fourth-order valence-corrected chi connectivity index (χ4v) is 1.51. The lowest BCUT2D eigenvalue weighted by molar-refractivity contribution is 0.0176. The lowest BCUT2D eigenvalue weighted by atomic mass is 10.3. The fourth-order valence-electron chi connectivity index (χ4n) is 1.51. The molecule has 0 fully saturated rings. The van der Waals surface area contributed by atoms with Crippen LogP contribution in [0.5, 0.6) is 5.88 Å². The predicted molar refractivity (Wildman–Crippen MR) is 76.0 cm³/mol. The molecule has 0 aromatic carbocycles. The second kappa shape index (κ2) is 11.6. The first kappa shape index (κ1) is 16.8. The molecule has 1 aromatic heterocycles. The normalized spacial score (nSPS) is 10.7. The molecule has 0 spiro atoms. The highest BCUT2D eigenvalue weighted by Crippen LogP contribution is 2.08. The summed E-state index contributed by atoms with van der Waals surface area (Å²) < 4.78 is 21.0. The van der Waals surface area contributed by atoms with Crippen LogP contribution in [0.15, 0.2) is 18.3 Å². The molecular weight excluding hydrogens is 260 g/mol. The van der Waals surface area contributed by atoms with Gasteiger partial charge in [-0.1, -0.05) is 0 Å². The number of hydrogen-bond donors (Lipinski definition) is 1. The molecule has 1 aromatic rings. The highest BCUT2D eigenvalue weighted by atomic mass is 16.6. The maximum atomic E-state index is 5.51. The Morgan fingerprint density at radius 2 is 1.75 bits per heavy atom. The number of nitrogens with zero attached hydrogens (tertiary/aromatic N) is 1. The smallest absolute Gasteiger partial charge is 0.213 e. The molecule has 0 atom stereocenters. The van der Waals surface area contributed by atoms with Crippen molar-refractivity contribution in [2.75, 3.05) is 53.8 Å². The Labute approximate surface area is 120 Å². The first-order valence-electron chi connectivity index (χ1n) is 6.73. The lowest BCUT2D eigenvalue weighted by Crippen LogP contribution is -2.13. The SMILES string of the molecule is CNCc1ccnc(OCCOCCOCCOC)c1. The largest absolute Gasteiger partial charge is 0.475 e. The Bertz CT molecular complexity index is 350. The Balaban J connectivity index is 2.02. The molecule has 1 rings (SSSR count). The number of aromatic nitrogens is 1. The zero-order chi connectivity index (χ0) is 14.5. The maximum Gasteiger partial charge on any atom is 0.213 e. The number of ether oxygens (including phenoxy) is 4. The van der Waals surface area contributed by atoms with Gasteiger partial charge in [-0.15, -0.1) is 0 Å². The molecule has 0 unspecified atom stereocenters. The summed E-state index contributed by atoms with van der Waals surface area (Å²) in [6.07, 6.45) is 1.74. The van der Waals surface area contributed by atoms with Gasteiger partial charge in [-0.05, 0) is 18.7 Å². The van der Waals surface area contributed by atoms with E-state index < -0.39 is 0 Å². The third-order valence-electron chi connectivity index (χ3n) is 2.46. The van der Waals surface area contributed by atoms with Gasteiger partial charge in [-0.2, -0.15) is 0 Å². The average Bonchev–Trinajstić information content (AvgIpc) is 2.46. The van der Waals surface area contributed by atoms with E-state index in [2.05, 4.69) is 10.3 Å². The van der Waals surface area contributed by atoms with Crippen LogP contribution in [0.3, 0.4) is 0 Å². The molecule has 1 heterocycles. The molecule has 20 heavy (non-hydrogen) atoms. The Morgan fingerprint density at radius 1 is 1.05 bits per heavy atom. The summed E-state index contributed by atoms with van der Waals surface area (Å²) >= 11 is 0.